The van der Waals surface area contributed by atoms with Gasteiger partial charge >= 0.3 is 0 Å². The maximum atomic E-state index is 12.8. The number of para-hydroxylation sites is 1. The molecule has 0 fully saturated rings. The Morgan fingerprint density at radius 1 is 1.09 bits per heavy atom. The lowest BCUT2D eigenvalue weighted by atomic mass is 10.0. The van der Waals surface area contributed by atoms with E-state index in [1.165, 1.54) is 18.3 Å². The Kier molecular flexibility index (Phi) is 4.48. The number of ketones is 1. The van der Waals surface area contributed by atoms with Crippen LogP contribution in [-0.2, 0) is 11.2 Å². The summed E-state index contributed by atoms with van der Waals surface area (Å²) < 4.78 is 0.970. The smallest absolute Gasteiger partial charge is 0.217 e. The van der Waals surface area contributed by atoms with Crippen molar-refractivity contribution in [1.29, 1.82) is 0 Å². The van der Waals surface area contributed by atoms with Crippen LogP contribution in [0.25, 0.3) is 10.2 Å². The molecule has 0 saturated carbocycles. The van der Waals surface area contributed by atoms with Gasteiger partial charge in [-0.1, -0.05) is 42.5 Å². The van der Waals surface area contributed by atoms with Crippen molar-refractivity contribution >= 4 is 33.2 Å². The van der Waals surface area contributed by atoms with Gasteiger partial charge in [0.05, 0.1) is 16.3 Å². The molecule has 1 aromatic heterocycles. The minimum atomic E-state index is -0.601. The Labute approximate surface area is 138 Å². The first kappa shape index (κ1) is 15.4. The molecule has 4 nitrogen and oxygen atoms in total. The molecule has 1 N–H and O–H groups in total. The summed E-state index contributed by atoms with van der Waals surface area (Å²) in [5.41, 5.74) is 1.81. The second-order valence-corrected chi connectivity index (χ2v) is 6.32. The number of rotatable bonds is 5. The average Bonchev–Trinajstić information content (AvgIpc) is 2.98. The number of nitrogens with zero attached hydrogens (tertiary/aromatic N) is 1. The predicted molar refractivity (Wildman–Crippen MR) is 91.7 cm³/mol. The maximum Gasteiger partial charge on any atom is 0.217 e. The zero-order valence-corrected chi connectivity index (χ0v) is 13.5. The van der Waals surface area contributed by atoms with Crippen molar-refractivity contribution in [2.75, 3.05) is 0 Å². The number of Topliss-reactive ketones (excluding diaryl/α,β-unsaturated/α-hetero) is 1. The molecular weight excluding hydrogens is 308 g/mol. The van der Waals surface area contributed by atoms with E-state index in [1.54, 1.807) is 0 Å². The van der Waals surface area contributed by atoms with E-state index in [0.717, 1.165) is 15.8 Å². The number of fused-ring (bicyclic) bond motifs is 1. The quantitative estimate of drug-likeness (QED) is 0.733. The average molecular weight is 324 g/mol. The molecule has 0 radical (unpaired) electrons. The molecule has 3 rings (SSSR count). The van der Waals surface area contributed by atoms with Gasteiger partial charge in [0.1, 0.15) is 0 Å². The number of aromatic nitrogens is 1. The van der Waals surface area contributed by atoms with Crippen molar-refractivity contribution in [2.24, 2.45) is 0 Å². The first-order valence-electron chi connectivity index (χ1n) is 7.34. The van der Waals surface area contributed by atoms with Gasteiger partial charge in [-0.3, -0.25) is 9.59 Å². The topological polar surface area (TPSA) is 59.1 Å². The number of carbonyl (C=O) groups is 2. The molecule has 0 saturated heterocycles. The van der Waals surface area contributed by atoms with Crippen LogP contribution in [0.5, 0.6) is 0 Å². The van der Waals surface area contributed by atoms with Crippen LogP contribution in [0.4, 0.5) is 0 Å². The number of carbonyl (C=O) groups excluding carboxylic acids is 2. The lowest BCUT2D eigenvalue weighted by Crippen LogP contribution is -2.41. The van der Waals surface area contributed by atoms with Crippen LogP contribution in [0.2, 0.25) is 0 Å². The third-order valence-electron chi connectivity index (χ3n) is 3.48. The highest BCUT2D eigenvalue weighted by Crippen LogP contribution is 2.23. The molecule has 0 aliphatic heterocycles. The SMILES string of the molecule is CC(=O)NC(Cc1ccccc1)C(=O)c1nc2ccccc2s1. The number of nitrogens with one attached hydrogen (secondary N) is 1. The number of benzene rings is 2. The molecule has 0 spiro atoms. The van der Waals surface area contributed by atoms with Crippen LogP contribution >= 0.6 is 11.3 Å². The van der Waals surface area contributed by atoms with Gasteiger partial charge in [0.25, 0.3) is 0 Å². The summed E-state index contributed by atoms with van der Waals surface area (Å²) in [5.74, 6) is -0.370. The molecule has 116 valence electrons. The van der Waals surface area contributed by atoms with Gasteiger partial charge in [0.2, 0.25) is 11.7 Å². The van der Waals surface area contributed by atoms with E-state index in [4.69, 9.17) is 0 Å². The van der Waals surface area contributed by atoms with E-state index in [2.05, 4.69) is 10.3 Å². The second kappa shape index (κ2) is 6.71. The van der Waals surface area contributed by atoms with Gasteiger partial charge < -0.3 is 5.32 Å². The van der Waals surface area contributed by atoms with Crippen molar-refractivity contribution < 1.29 is 9.59 Å². The largest absolute Gasteiger partial charge is 0.346 e. The number of hydrogen-bond donors (Lipinski definition) is 1. The third kappa shape index (κ3) is 3.63. The lowest BCUT2D eigenvalue weighted by Gasteiger charge is -2.15. The molecular formula is C18H16N2O2S. The summed E-state index contributed by atoms with van der Waals surface area (Å²) in [6, 6.07) is 16.7. The van der Waals surface area contributed by atoms with E-state index in [0.29, 0.717) is 11.4 Å². The fourth-order valence-electron chi connectivity index (χ4n) is 2.43. The zero-order valence-electron chi connectivity index (χ0n) is 12.7. The van der Waals surface area contributed by atoms with E-state index >= 15 is 0 Å². The minimum absolute atomic E-state index is 0.148. The highest BCUT2D eigenvalue weighted by atomic mass is 32.1. The Morgan fingerprint density at radius 2 is 1.78 bits per heavy atom. The van der Waals surface area contributed by atoms with Gasteiger partial charge in [-0.15, -0.1) is 11.3 Å². The Balaban J connectivity index is 1.88. The van der Waals surface area contributed by atoms with Crippen LogP contribution in [0.3, 0.4) is 0 Å². The van der Waals surface area contributed by atoms with Gasteiger partial charge in [0, 0.05) is 13.3 Å². The second-order valence-electron chi connectivity index (χ2n) is 5.29. The zero-order chi connectivity index (χ0) is 16.2. The van der Waals surface area contributed by atoms with E-state index < -0.39 is 6.04 Å². The summed E-state index contributed by atoms with van der Waals surface area (Å²) in [6.07, 6.45) is 0.454. The van der Waals surface area contributed by atoms with E-state index in [9.17, 15) is 9.59 Å². The molecule has 0 bridgehead atoms. The molecule has 1 amide bonds. The third-order valence-corrected chi connectivity index (χ3v) is 4.53. The molecule has 1 heterocycles. The summed E-state index contributed by atoms with van der Waals surface area (Å²) in [4.78, 5) is 28.7. The summed E-state index contributed by atoms with van der Waals surface area (Å²) >= 11 is 1.36. The van der Waals surface area contributed by atoms with Crippen molar-refractivity contribution in [3.8, 4) is 0 Å². The standard InChI is InChI=1S/C18H16N2O2S/c1-12(21)19-15(11-13-7-3-2-4-8-13)17(22)18-20-14-9-5-6-10-16(14)23-18/h2-10,15H,11H2,1H3,(H,19,21). The molecule has 0 aliphatic carbocycles. The fraction of sp³-hybridized carbons (Fsp3) is 0.167. The molecule has 23 heavy (non-hydrogen) atoms. The highest BCUT2D eigenvalue weighted by molar-refractivity contribution is 7.20. The number of thiazole rings is 1. The number of amides is 1. The highest BCUT2D eigenvalue weighted by Gasteiger charge is 2.24. The molecule has 2 aromatic carbocycles. The summed E-state index contributed by atoms with van der Waals surface area (Å²) in [7, 11) is 0. The maximum absolute atomic E-state index is 12.8. The monoisotopic (exact) mass is 324 g/mol. The van der Waals surface area contributed by atoms with Crippen molar-refractivity contribution in [2.45, 2.75) is 19.4 Å². The van der Waals surface area contributed by atoms with Crippen molar-refractivity contribution in [3.63, 3.8) is 0 Å². The van der Waals surface area contributed by atoms with Crippen LogP contribution in [0.1, 0.15) is 22.3 Å². The van der Waals surface area contributed by atoms with Gasteiger partial charge in [-0.2, -0.15) is 0 Å². The molecule has 5 heteroatoms. The predicted octanol–water partition coefficient (Wildman–Crippen LogP) is 3.23. The first-order valence-corrected chi connectivity index (χ1v) is 8.16. The van der Waals surface area contributed by atoms with Crippen LogP contribution in [-0.4, -0.2) is 22.7 Å². The fourth-order valence-corrected chi connectivity index (χ4v) is 3.39. The van der Waals surface area contributed by atoms with Gasteiger partial charge in [0.15, 0.2) is 5.01 Å². The van der Waals surface area contributed by atoms with Crippen LogP contribution < -0.4 is 5.32 Å². The molecule has 1 unspecified atom stereocenters. The van der Waals surface area contributed by atoms with Crippen LogP contribution in [0, 0.1) is 0 Å². The number of hydrogen-bond acceptors (Lipinski definition) is 4. The van der Waals surface area contributed by atoms with Gasteiger partial charge in [-0.05, 0) is 17.7 Å². The van der Waals surface area contributed by atoms with Crippen molar-refractivity contribution in [3.05, 3.63) is 65.2 Å². The normalized spacial score (nSPS) is 12.0. The lowest BCUT2D eigenvalue weighted by molar-refractivity contribution is -0.119. The molecule has 3 aromatic rings. The molecule has 1 atom stereocenters. The van der Waals surface area contributed by atoms with E-state index in [-0.39, 0.29) is 11.7 Å². The Hall–Kier alpha value is -2.53. The summed E-state index contributed by atoms with van der Waals surface area (Å²) in [6.45, 7) is 1.42. The van der Waals surface area contributed by atoms with Crippen molar-refractivity contribution in [1.82, 2.24) is 10.3 Å². The Bertz CT molecular complexity index is 809. The molecule has 0 aliphatic rings. The van der Waals surface area contributed by atoms with Gasteiger partial charge in [-0.25, -0.2) is 4.98 Å². The summed E-state index contributed by atoms with van der Waals surface area (Å²) in [5, 5.41) is 3.18. The first-order chi connectivity index (χ1) is 11.1. The van der Waals surface area contributed by atoms with E-state index in [1.807, 2.05) is 54.6 Å². The minimum Gasteiger partial charge on any atom is -0.346 e. The Morgan fingerprint density at radius 3 is 2.48 bits per heavy atom. The van der Waals surface area contributed by atoms with Crippen LogP contribution in [0.15, 0.2) is 54.6 Å².